The van der Waals surface area contributed by atoms with Crippen LogP contribution in [-0.4, -0.2) is 20.5 Å². The van der Waals surface area contributed by atoms with Gasteiger partial charge in [-0.2, -0.15) is 0 Å². The van der Waals surface area contributed by atoms with Crippen LogP contribution < -0.4 is 24.8 Å². The summed E-state index contributed by atoms with van der Waals surface area (Å²) in [5.74, 6) is 0. The molecule has 2 aliphatic rings. The third-order valence-electron chi connectivity index (χ3n) is 5.50. The molecule has 146 valence electrons. The van der Waals surface area contributed by atoms with Gasteiger partial charge in [-0.05, 0) is 0 Å². The smallest absolute Gasteiger partial charge is 1.00 e. The van der Waals surface area contributed by atoms with Crippen molar-refractivity contribution in [2.24, 2.45) is 0 Å². The Kier molecular flexibility index (Phi) is 10.5. The van der Waals surface area contributed by atoms with Crippen molar-refractivity contribution in [2.45, 2.75) is 56.3 Å². The monoisotopic (exact) mass is 498 g/mol. The molecular formula is C22H30Cl2OSiZr. The molecule has 0 aromatic heterocycles. The number of allylic oxidation sites excluding steroid dienone is 5. The maximum Gasteiger partial charge on any atom is -1.00 e. The molecule has 1 aromatic carbocycles. The van der Waals surface area contributed by atoms with E-state index in [2.05, 4.69) is 57.3 Å². The molecule has 0 saturated carbocycles. The van der Waals surface area contributed by atoms with Gasteiger partial charge in [0.25, 0.3) is 0 Å². The van der Waals surface area contributed by atoms with Gasteiger partial charge in [-0.25, -0.2) is 0 Å². The number of halogens is 2. The summed E-state index contributed by atoms with van der Waals surface area (Å²) in [4.78, 5) is 0. The summed E-state index contributed by atoms with van der Waals surface area (Å²) >= 11 is -0.678. The molecule has 27 heavy (non-hydrogen) atoms. The van der Waals surface area contributed by atoms with E-state index in [1.54, 1.807) is 22.3 Å². The van der Waals surface area contributed by atoms with Gasteiger partial charge in [0.2, 0.25) is 0 Å². The van der Waals surface area contributed by atoms with Gasteiger partial charge in [-0.3, -0.25) is 0 Å². The molecule has 0 heterocycles. The molecule has 5 heteroatoms. The second-order valence-electron chi connectivity index (χ2n) is 7.58. The standard InChI is InChI=1S/C12H21OSi.C10H9.2ClH.Zr/c1-4-11-10(6-5-9-13)7-8-12(11)14(2)3;1-8-6-9-4-2-3-5-10(9)7-8;;;/h13-14H,4-7,9H2,1-3H3;2-7H,1H3;2*1H;/q;;;;+2/p-2. The Bertz CT molecular complexity index is 752. The van der Waals surface area contributed by atoms with E-state index in [-0.39, 0.29) is 24.8 Å². The van der Waals surface area contributed by atoms with Crippen molar-refractivity contribution in [1.82, 2.24) is 0 Å². The molecule has 3 rings (SSSR count). The Morgan fingerprint density at radius 2 is 1.89 bits per heavy atom. The van der Waals surface area contributed by atoms with Crippen molar-refractivity contribution in [3.63, 3.8) is 0 Å². The van der Waals surface area contributed by atoms with Crippen LogP contribution in [-0.2, 0) is 23.2 Å². The summed E-state index contributed by atoms with van der Waals surface area (Å²) in [6, 6.07) is 9.01. The number of rotatable bonds is 7. The van der Waals surface area contributed by atoms with E-state index in [0.717, 1.165) is 16.5 Å². The first-order valence-electron chi connectivity index (χ1n) is 9.65. The van der Waals surface area contributed by atoms with Crippen molar-refractivity contribution < 1.29 is 53.2 Å². The Morgan fingerprint density at radius 3 is 2.52 bits per heavy atom. The van der Waals surface area contributed by atoms with Crippen LogP contribution in [0.1, 0.15) is 54.3 Å². The molecular weight excluding hydrogens is 470 g/mol. The molecule has 1 atom stereocenters. The van der Waals surface area contributed by atoms with Crippen LogP contribution in [0, 0.1) is 0 Å². The van der Waals surface area contributed by atoms with Gasteiger partial charge in [0.05, 0.1) is 0 Å². The largest absolute Gasteiger partial charge is 1.00 e. The molecule has 0 radical (unpaired) electrons. The zero-order valence-electron chi connectivity index (χ0n) is 16.8. The maximum atomic E-state index is 9.28. The number of benzene rings is 1. The molecule has 0 fully saturated rings. The summed E-state index contributed by atoms with van der Waals surface area (Å²) in [7, 11) is -0.814. The van der Waals surface area contributed by atoms with Gasteiger partial charge < -0.3 is 24.8 Å². The van der Waals surface area contributed by atoms with Crippen LogP contribution in [0.25, 0.3) is 6.08 Å². The van der Waals surface area contributed by atoms with Crippen LogP contribution in [0.3, 0.4) is 0 Å². The molecule has 0 bridgehead atoms. The fourth-order valence-corrected chi connectivity index (χ4v) is 13.1. The predicted molar refractivity (Wildman–Crippen MR) is 107 cm³/mol. The topological polar surface area (TPSA) is 20.2 Å². The Hall–Kier alpha value is 0.0800. The third kappa shape index (κ3) is 5.37. The van der Waals surface area contributed by atoms with Gasteiger partial charge in [0, 0.05) is 0 Å². The third-order valence-corrected chi connectivity index (χ3v) is 12.6. The van der Waals surface area contributed by atoms with E-state index in [9.17, 15) is 5.11 Å². The minimum Gasteiger partial charge on any atom is -1.00 e. The second-order valence-corrected chi connectivity index (χ2v) is 14.1. The van der Waals surface area contributed by atoms with E-state index >= 15 is 0 Å². The van der Waals surface area contributed by atoms with Crippen molar-refractivity contribution in [3.8, 4) is 0 Å². The van der Waals surface area contributed by atoms with Gasteiger partial charge in [-0.15, -0.1) is 0 Å². The predicted octanol–water partition coefficient (Wildman–Crippen LogP) is -0.602. The van der Waals surface area contributed by atoms with E-state index in [4.69, 9.17) is 0 Å². The van der Waals surface area contributed by atoms with Gasteiger partial charge in [0.1, 0.15) is 0 Å². The minimum absolute atomic E-state index is 0. The van der Waals surface area contributed by atoms with E-state index < -0.39 is 32.0 Å². The van der Waals surface area contributed by atoms with Crippen LogP contribution in [0.2, 0.25) is 13.1 Å². The van der Waals surface area contributed by atoms with Crippen molar-refractivity contribution >= 4 is 14.9 Å². The molecule has 1 nitrogen and oxygen atoms in total. The van der Waals surface area contributed by atoms with E-state index in [1.807, 2.05) is 8.48 Å². The summed E-state index contributed by atoms with van der Waals surface area (Å²) in [5, 5.41) is 11.1. The number of aliphatic hydroxyl groups excluding tert-OH is 1. The van der Waals surface area contributed by atoms with Crippen LogP contribution in [0.5, 0.6) is 0 Å². The first kappa shape index (κ1) is 25.1. The fraction of sp³-hybridized carbons (Fsp3) is 0.455. The number of hydrogen-bond acceptors (Lipinski definition) is 1. The number of aliphatic hydroxyl groups is 1. The molecule has 0 amide bonds. The summed E-state index contributed by atoms with van der Waals surface area (Å²) in [6.07, 6.45) is 6.87. The van der Waals surface area contributed by atoms with Gasteiger partial charge in [-0.1, -0.05) is 0 Å². The van der Waals surface area contributed by atoms with Crippen LogP contribution >= 0.6 is 0 Å². The molecule has 2 aliphatic carbocycles. The fourth-order valence-electron chi connectivity index (χ4n) is 4.43. The van der Waals surface area contributed by atoms with Crippen molar-refractivity contribution in [1.29, 1.82) is 0 Å². The average molecular weight is 501 g/mol. The molecule has 0 spiro atoms. The second kappa shape index (κ2) is 11.3. The Balaban J connectivity index is 0.00000182. The van der Waals surface area contributed by atoms with E-state index in [1.165, 1.54) is 18.4 Å². The summed E-state index contributed by atoms with van der Waals surface area (Å²) in [5.41, 5.74) is 7.99. The van der Waals surface area contributed by atoms with Gasteiger partial charge >= 0.3 is 167 Å². The molecule has 1 unspecified atom stereocenters. The van der Waals surface area contributed by atoms with Gasteiger partial charge in [0.15, 0.2) is 0 Å². The quantitative estimate of drug-likeness (QED) is 0.496. The summed E-state index contributed by atoms with van der Waals surface area (Å²) in [6.45, 7) is 10.0. The Labute approximate surface area is 190 Å². The first-order chi connectivity index (χ1) is 12.1. The normalized spacial score (nSPS) is 18.1. The SMILES string of the molecule is CCC1=C(CCCO)C[C]([Zr+2][CH]2C(C)=Cc3ccccc32)=C1[SiH](C)C.[Cl-].[Cl-]. The maximum absolute atomic E-state index is 9.28. The average Bonchev–Trinajstić information content (AvgIpc) is 3.11. The first-order valence-corrected chi connectivity index (χ1v) is 15.2. The number of hydrogen-bond donors (Lipinski definition) is 1. The zero-order valence-corrected chi connectivity index (χ0v) is 21.9. The molecule has 0 aliphatic heterocycles. The van der Waals surface area contributed by atoms with Crippen molar-refractivity contribution in [3.05, 3.63) is 60.6 Å². The van der Waals surface area contributed by atoms with Crippen LogP contribution in [0.4, 0.5) is 0 Å². The van der Waals surface area contributed by atoms with Crippen molar-refractivity contribution in [2.75, 3.05) is 6.61 Å². The Morgan fingerprint density at radius 1 is 1.19 bits per heavy atom. The molecule has 1 N–H and O–H groups in total. The molecule has 0 saturated heterocycles. The van der Waals surface area contributed by atoms with E-state index in [0.29, 0.717) is 6.61 Å². The zero-order chi connectivity index (χ0) is 18.0. The minimum atomic E-state index is -0.814. The summed E-state index contributed by atoms with van der Waals surface area (Å²) < 4.78 is 2.61. The molecule has 1 aromatic rings. The number of fused-ring (bicyclic) bond motifs is 1. The van der Waals surface area contributed by atoms with Crippen LogP contribution in [0.15, 0.2) is 49.5 Å².